The van der Waals surface area contributed by atoms with Gasteiger partial charge in [0.05, 0.1) is 30.5 Å². The number of rotatable bonds is 6. The highest BCUT2D eigenvalue weighted by Crippen LogP contribution is 2.23. The zero-order chi connectivity index (χ0) is 16.5. The lowest BCUT2D eigenvalue weighted by atomic mass is 10.2. The second kappa shape index (κ2) is 8.85. The Morgan fingerprint density at radius 3 is 2.32 bits per heavy atom. The molecule has 0 bridgehead atoms. The van der Waals surface area contributed by atoms with Crippen molar-refractivity contribution in [3.8, 4) is 6.07 Å². The molecule has 0 saturated heterocycles. The molecule has 0 unspecified atom stereocenters. The quantitative estimate of drug-likeness (QED) is 0.360. The van der Waals surface area contributed by atoms with Crippen molar-refractivity contribution in [1.29, 1.82) is 5.26 Å². The molecule has 7 heteroatoms. The molecule has 22 heavy (non-hydrogen) atoms. The number of nitrogens with zero attached hydrogens (tertiary/aromatic N) is 1. The Balaban J connectivity index is 3.00. The molecule has 1 aromatic carbocycles. The van der Waals surface area contributed by atoms with Crippen LogP contribution in [0, 0.1) is 11.3 Å². The van der Waals surface area contributed by atoms with Gasteiger partial charge < -0.3 is 14.8 Å². The van der Waals surface area contributed by atoms with Gasteiger partial charge in [-0.25, -0.2) is 9.59 Å². The molecule has 0 aliphatic carbocycles. The van der Waals surface area contributed by atoms with E-state index in [0.717, 1.165) is 0 Å². The molecule has 0 saturated carbocycles. The van der Waals surface area contributed by atoms with Gasteiger partial charge in [0.1, 0.15) is 0 Å². The zero-order valence-electron chi connectivity index (χ0n) is 12.2. The smallest absolute Gasteiger partial charge is 0.347 e. The molecule has 0 aliphatic heterocycles. The highest BCUT2D eigenvalue weighted by atomic mass is 79.9. The van der Waals surface area contributed by atoms with E-state index < -0.39 is 11.9 Å². The molecule has 0 amide bonds. The SMILES string of the molecule is CCOC(=O)C(=CNc1ccc(C#N)cc1Br)C(=O)OCC. The van der Waals surface area contributed by atoms with Crippen molar-refractivity contribution in [3.05, 3.63) is 40.0 Å². The van der Waals surface area contributed by atoms with Gasteiger partial charge in [0.15, 0.2) is 5.57 Å². The fraction of sp³-hybridized carbons (Fsp3) is 0.267. The fourth-order valence-corrected chi connectivity index (χ4v) is 1.96. The molecule has 0 aromatic heterocycles. The van der Waals surface area contributed by atoms with Crippen molar-refractivity contribution in [2.24, 2.45) is 0 Å². The first-order valence-electron chi connectivity index (χ1n) is 6.54. The summed E-state index contributed by atoms with van der Waals surface area (Å²) in [6.07, 6.45) is 1.22. The first kappa shape index (κ1) is 17.7. The van der Waals surface area contributed by atoms with Crippen LogP contribution in [-0.4, -0.2) is 25.2 Å². The summed E-state index contributed by atoms with van der Waals surface area (Å²) < 4.78 is 10.3. The monoisotopic (exact) mass is 366 g/mol. The van der Waals surface area contributed by atoms with E-state index in [0.29, 0.717) is 15.7 Å². The maximum absolute atomic E-state index is 11.8. The van der Waals surface area contributed by atoms with Crippen molar-refractivity contribution in [1.82, 2.24) is 0 Å². The van der Waals surface area contributed by atoms with Gasteiger partial charge in [-0.2, -0.15) is 5.26 Å². The maximum Gasteiger partial charge on any atom is 0.347 e. The van der Waals surface area contributed by atoms with Crippen LogP contribution in [0.25, 0.3) is 0 Å². The summed E-state index contributed by atoms with van der Waals surface area (Å²) >= 11 is 3.30. The molecule has 0 heterocycles. The standard InChI is InChI=1S/C15H15BrN2O4/c1-3-21-14(19)11(15(20)22-4-2)9-18-13-6-5-10(8-17)7-12(13)16/h5-7,9,18H,3-4H2,1-2H3. The second-order valence-corrected chi connectivity index (χ2v) is 4.80. The molecule has 0 aliphatic rings. The molecule has 0 spiro atoms. The third-order valence-corrected chi connectivity index (χ3v) is 3.12. The molecule has 6 nitrogen and oxygen atoms in total. The number of benzene rings is 1. The third-order valence-electron chi connectivity index (χ3n) is 2.46. The predicted molar refractivity (Wildman–Crippen MR) is 83.8 cm³/mol. The Kier molecular flexibility index (Phi) is 7.13. The van der Waals surface area contributed by atoms with E-state index in [1.807, 2.05) is 6.07 Å². The number of carbonyl (C=O) groups excluding carboxylic acids is 2. The average Bonchev–Trinajstić information content (AvgIpc) is 2.49. The number of halogens is 1. The number of ether oxygens (including phenoxy) is 2. The Morgan fingerprint density at radius 1 is 1.27 bits per heavy atom. The Morgan fingerprint density at radius 2 is 1.86 bits per heavy atom. The number of hydrogen-bond acceptors (Lipinski definition) is 6. The summed E-state index contributed by atoms with van der Waals surface area (Å²) in [5.41, 5.74) is 0.836. The van der Waals surface area contributed by atoms with Crippen molar-refractivity contribution >= 4 is 33.6 Å². The van der Waals surface area contributed by atoms with Gasteiger partial charge in [-0.1, -0.05) is 0 Å². The second-order valence-electron chi connectivity index (χ2n) is 3.95. The number of anilines is 1. The number of hydrogen-bond donors (Lipinski definition) is 1. The molecule has 1 N–H and O–H groups in total. The first-order valence-corrected chi connectivity index (χ1v) is 7.33. The first-order chi connectivity index (χ1) is 10.5. The lowest BCUT2D eigenvalue weighted by Crippen LogP contribution is -2.19. The Bertz CT molecular complexity index is 615. The van der Waals surface area contributed by atoms with Crippen LogP contribution in [0.4, 0.5) is 5.69 Å². The molecule has 1 rings (SSSR count). The van der Waals surface area contributed by atoms with Crippen LogP contribution < -0.4 is 5.32 Å². The van der Waals surface area contributed by atoms with Crippen LogP contribution >= 0.6 is 15.9 Å². The van der Waals surface area contributed by atoms with Crippen molar-refractivity contribution < 1.29 is 19.1 Å². The lowest BCUT2D eigenvalue weighted by Gasteiger charge is -2.08. The van der Waals surface area contributed by atoms with Gasteiger partial charge in [0, 0.05) is 10.7 Å². The van der Waals surface area contributed by atoms with Gasteiger partial charge >= 0.3 is 11.9 Å². The van der Waals surface area contributed by atoms with Crippen LogP contribution in [0.5, 0.6) is 0 Å². The number of esters is 2. The van der Waals surface area contributed by atoms with Crippen molar-refractivity contribution in [3.63, 3.8) is 0 Å². The van der Waals surface area contributed by atoms with E-state index in [-0.39, 0.29) is 18.8 Å². The fourth-order valence-electron chi connectivity index (χ4n) is 1.47. The van der Waals surface area contributed by atoms with Gasteiger partial charge in [-0.05, 0) is 48.0 Å². The summed E-state index contributed by atoms with van der Waals surface area (Å²) in [4.78, 5) is 23.6. The summed E-state index contributed by atoms with van der Waals surface area (Å²) in [7, 11) is 0. The Labute approximate surface area is 136 Å². The molecule has 0 atom stereocenters. The van der Waals surface area contributed by atoms with Crippen LogP contribution in [0.2, 0.25) is 0 Å². The van der Waals surface area contributed by atoms with Gasteiger partial charge in [0.25, 0.3) is 0 Å². The summed E-state index contributed by atoms with van der Waals surface area (Å²) in [5, 5.41) is 11.6. The number of nitriles is 1. The number of nitrogens with one attached hydrogen (secondary N) is 1. The van der Waals surface area contributed by atoms with E-state index >= 15 is 0 Å². The van der Waals surface area contributed by atoms with E-state index in [2.05, 4.69) is 21.2 Å². The minimum absolute atomic E-state index is 0.149. The zero-order valence-corrected chi connectivity index (χ0v) is 13.8. The molecule has 0 radical (unpaired) electrons. The minimum Gasteiger partial charge on any atom is -0.462 e. The topological polar surface area (TPSA) is 88.4 Å². The van der Waals surface area contributed by atoms with Gasteiger partial charge in [-0.3, -0.25) is 0 Å². The van der Waals surface area contributed by atoms with Crippen LogP contribution in [0.15, 0.2) is 34.4 Å². The molecule has 0 fully saturated rings. The number of carbonyl (C=O) groups is 2. The van der Waals surface area contributed by atoms with E-state index in [4.69, 9.17) is 14.7 Å². The normalized spacial score (nSPS) is 9.36. The molecule has 1 aromatic rings. The average molecular weight is 367 g/mol. The Hall–Kier alpha value is -2.33. The van der Waals surface area contributed by atoms with Crippen LogP contribution in [0.1, 0.15) is 19.4 Å². The van der Waals surface area contributed by atoms with E-state index in [1.165, 1.54) is 6.20 Å². The van der Waals surface area contributed by atoms with E-state index in [1.54, 1.807) is 32.0 Å². The van der Waals surface area contributed by atoms with E-state index in [9.17, 15) is 9.59 Å². The van der Waals surface area contributed by atoms with Crippen molar-refractivity contribution in [2.75, 3.05) is 18.5 Å². The van der Waals surface area contributed by atoms with Gasteiger partial charge in [0.2, 0.25) is 0 Å². The molecule has 116 valence electrons. The van der Waals surface area contributed by atoms with Crippen LogP contribution in [0.3, 0.4) is 0 Å². The largest absolute Gasteiger partial charge is 0.462 e. The molecular weight excluding hydrogens is 352 g/mol. The summed E-state index contributed by atoms with van der Waals surface area (Å²) in [6.45, 7) is 3.59. The summed E-state index contributed by atoms with van der Waals surface area (Å²) in [6, 6.07) is 6.88. The highest BCUT2D eigenvalue weighted by molar-refractivity contribution is 9.10. The highest BCUT2D eigenvalue weighted by Gasteiger charge is 2.21. The van der Waals surface area contributed by atoms with Crippen molar-refractivity contribution in [2.45, 2.75) is 13.8 Å². The summed E-state index contributed by atoms with van der Waals surface area (Å²) in [5.74, 6) is -1.53. The maximum atomic E-state index is 11.8. The third kappa shape index (κ3) is 4.90. The minimum atomic E-state index is -0.766. The molecular formula is C15H15BrN2O4. The van der Waals surface area contributed by atoms with Crippen LogP contribution in [-0.2, 0) is 19.1 Å². The van der Waals surface area contributed by atoms with Gasteiger partial charge in [-0.15, -0.1) is 0 Å². The predicted octanol–water partition coefficient (Wildman–Crippen LogP) is 2.74. The lowest BCUT2D eigenvalue weighted by molar-refractivity contribution is -0.146.